The lowest BCUT2D eigenvalue weighted by molar-refractivity contribution is -0.145. The minimum absolute atomic E-state index is 0.0491. The van der Waals surface area contributed by atoms with E-state index >= 15 is 0 Å². The second-order valence-corrected chi connectivity index (χ2v) is 5.03. The molecule has 6 nitrogen and oxygen atoms in total. The molecule has 0 aliphatic carbocycles. The molecule has 6 heteroatoms. The Balaban J connectivity index is 1.97. The van der Waals surface area contributed by atoms with Crippen molar-refractivity contribution in [2.45, 2.75) is 25.9 Å². The van der Waals surface area contributed by atoms with Gasteiger partial charge in [0.15, 0.2) is 5.78 Å². The molecule has 1 aromatic carbocycles. The largest absolute Gasteiger partial charge is 0.490 e. The maximum Gasteiger partial charge on any atom is 0.311 e. The molecule has 1 aliphatic heterocycles. The zero-order valence-electron chi connectivity index (χ0n) is 11.9. The Hall–Kier alpha value is -2.37. The van der Waals surface area contributed by atoms with Crippen LogP contribution in [-0.2, 0) is 9.59 Å². The fourth-order valence-corrected chi connectivity index (χ4v) is 2.37. The predicted molar refractivity (Wildman–Crippen MR) is 75.9 cm³/mol. The van der Waals surface area contributed by atoms with Gasteiger partial charge in [0, 0.05) is 25.9 Å². The molecular formula is C15H18N2O4. The molecule has 0 atom stereocenters. The summed E-state index contributed by atoms with van der Waals surface area (Å²) >= 11 is 0. The van der Waals surface area contributed by atoms with Crippen LogP contribution in [0, 0.1) is 0 Å². The van der Waals surface area contributed by atoms with E-state index in [1.807, 2.05) is 6.07 Å². The van der Waals surface area contributed by atoms with E-state index < -0.39 is 11.8 Å². The molecule has 0 radical (unpaired) electrons. The molecule has 112 valence electrons. The molecule has 1 fully saturated rings. The molecule has 0 spiro atoms. The molecule has 2 N–H and O–H groups in total. The summed E-state index contributed by atoms with van der Waals surface area (Å²) in [6, 6.07) is 7.09. The van der Waals surface area contributed by atoms with Gasteiger partial charge >= 0.3 is 11.8 Å². The molecule has 0 bridgehead atoms. The standard InChI is InChI=1S/C15H18N2O4/c1-10(18)12-4-2-3-5-13(12)21-11-6-8-17(9-7-11)15(20)14(16)19/h2-5,11H,6-9H2,1H3,(H2,16,19). The van der Waals surface area contributed by atoms with Crippen LogP contribution in [0.3, 0.4) is 0 Å². The number of Topliss-reactive ketones (excluding diaryl/α,β-unsaturated/α-hetero) is 1. The third-order valence-electron chi connectivity index (χ3n) is 3.50. The number of primary amides is 1. The highest BCUT2D eigenvalue weighted by Crippen LogP contribution is 2.23. The van der Waals surface area contributed by atoms with Crippen LogP contribution >= 0.6 is 0 Å². The van der Waals surface area contributed by atoms with Crippen molar-refractivity contribution in [3.05, 3.63) is 29.8 Å². The molecule has 1 heterocycles. The van der Waals surface area contributed by atoms with E-state index in [9.17, 15) is 14.4 Å². The topological polar surface area (TPSA) is 89.7 Å². The van der Waals surface area contributed by atoms with E-state index in [1.54, 1.807) is 18.2 Å². The van der Waals surface area contributed by atoms with Gasteiger partial charge in [0.1, 0.15) is 11.9 Å². The van der Waals surface area contributed by atoms with Gasteiger partial charge in [0.05, 0.1) is 5.56 Å². The maximum atomic E-state index is 11.5. The van der Waals surface area contributed by atoms with Crippen LogP contribution in [0.15, 0.2) is 24.3 Å². The Morgan fingerprint density at radius 3 is 2.38 bits per heavy atom. The maximum absolute atomic E-state index is 11.5. The number of carbonyl (C=O) groups is 3. The minimum Gasteiger partial charge on any atom is -0.490 e. The highest BCUT2D eigenvalue weighted by molar-refractivity contribution is 6.34. The van der Waals surface area contributed by atoms with Crippen molar-refractivity contribution in [2.24, 2.45) is 5.73 Å². The lowest BCUT2D eigenvalue weighted by Crippen LogP contribution is -2.46. The number of benzene rings is 1. The highest BCUT2D eigenvalue weighted by Gasteiger charge is 2.26. The summed E-state index contributed by atoms with van der Waals surface area (Å²) in [6.07, 6.45) is 1.12. The van der Waals surface area contributed by atoms with Gasteiger partial charge in [0.25, 0.3) is 0 Å². The molecule has 2 amide bonds. The number of piperidine rings is 1. The van der Waals surface area contributed by atoms with Crippen LogP contribution in [0.1, 0.15) is 30.1 Å². The van der Waals surface area contributed by atoms with Gasteiger partial charge in [-0.05, 0) is 19.1 Å². The number of ether oxygens (including phenoxy) is 1. The molecule has 1 aromatic rings. The van der Waals surface area contributed by atoms with E-state index in [0.717, 1.165) is 0 Å². The first-order valence-corrected chi connectivity index (χ1v) is 6.84. The third kappa shape index (κ3) is 3.59. The molecule has 2 rings (SSSR count). The number of ketones is 1. The summed E-state index contributed by atoms with van der Waals surface area (Å²) in [5.74, 6) is -1.08. The van der Waals surface area contributed by atoms with E-state index in [4.69, 9.17) is 10.5 Å². The molecule has 0 saturated carbocycles. The number of amides is 2. The Morgan fingerprint density at radius 1 is 1.19 bits per heavy atom. The summed E-state index contributed by atoms with van der Waals surface area (Å²) in [5, 5.41) is 0. The number of rotatable bonds is 3. The number of hydrogen-bond acceptors (Lipinski definition) is 4. The smallest absolute Gasteiger partial charge is 0.311 e. The number of nitrogens with zero attached hydrogens (tertiary/aromatic N) is 1. The second-order valence-electron chi connectivity index (χ2n) is 5.03. The summed E-state index contributed by atoms with van der Waals surface area (Å²) in [6.45, 7) is 2.35. The number of nitrogens with two attached hydrogens (primary N) is 1. The van der Waals surface area contributed by atoms with Crippen molar-refractivity contribution in [3.63, 3.8) is 0 Å². The normalized spacial score (nSPS) is 15.6. The zero-order chi connectivity index (χ0) is 15.4. The van der Waals surface area contributed by atoms with Gasteiger partial charge in [-0.1, -0.05) is 12.1 Å². The molecule has 0 aromatic heterocycles. The fourth-order valence-electron chi connectivity index (χ4n) is 2.37. The first kappa shape index (κ1) is 15.0. The van der Waals surface area contributed by atoms with Gasteiger partial charge in [-0.2, -0.15) is 0 Å². The summed E-state index contributed by atoms with van der Waals surface area (Å²) in [4.78, 5) is 35.3. The van der Waals surface area contributed by atoms with Crippen LogP contribution in [-0.4, -0.2) is 41.7 Å². The monoisotopic (exact) mass is 290 g/mol. The van der Waals surface area contributed by atoms with E-state index in [-0.39, 0.29) is 11.9 Å². The van der Waals surface area contributed by atoms with Gasteiger partial charge in [-0.15, -0.1) is 0 Å². The van der Waals surface area contributed by atoms with E-state index in [1.165, 1.54) is 11.8 Å². The quantitative estimate of drug-likeness (QED) is 0.657. The minimum atomic E-state index is -0.934. The Labute approximate surface area is 122 Å². The molecular weight excluding hydrogens is 272 g/mol. The molecule has 1 saturated heterocycles. The molecule has 0 unspecified atom stereocenters. The van der Waals surface area contributed by atoms with Crippen molar-refractivity contribution in [1.29, 1.82) is 0 Å². The Kier molecular flexibility index (Phi) is 4.57. The lowest BCUT2D eigenvalue weighted by atomic mass is 10.1. The van der Waals surface area contributed by atoms with E-state index in [2.05, 4.69) is 0 Å². The summed E-state index contributed by atoms with van der Waals surface area (Å²) in [7, 11) is 0. The van der Waals surface area contributed by atoms with Crippen molar-refractivity contribution in [3.8, 4) is 5.75 Å². The van der Waals surface area contributed by atoms with Gasteiger partial charge in [-0.3, -0.25) is 14.4 Å². The second kappa shape index (κ2) is 6.39. The number of likely N-dealkylation sites (tertiary alicyclic amines) is 1. The number of hydrogen-bond donors (Lipinski definition) is 1. The number of para-hydroxylation sites is 1. The molecule has 21 heavy (non-hydrogen) atoms. The first-order chi connectivity index (χ1) is 9.99. The SMILES string of the molecule is CC(=O)c1ccccc1OC1CCN(C(=O)C(N)=O)CC1. The van der Waals surface area contributed by atoms with Crippen LogP contribution in [0.4, 0.5) is 0 Å². The average Bonchev–Trinajstić information content (AvgIpc) is 2.47. The van der Waals surface area contributed by atoms with E-state index in [0.29, 0.717) is 37.2 Å². The van der Waals surface area contributed by atoms with Crippen LogP contribution in [0.2, 0.25) is 0 Å². The third-order valence-corrected chi connectivity index (χ3v) is 3.50. The predicted octanol–water partition coefficient (Wildman–Crippen LogP) is 0.744. The van der Waals surface area contributed by atoms with Gasteiger partial charge in [0.2, 0.25) is 0 Å². The van der Waals surface area contributed by atoms with Crippen molar-refractivity contribution < 1.29 is 19.1 Å². The lowest BCUT2D eigenvalue weighted by Gasteiger charge is -2.31. The molecule has 1 aliphatic rings. The zero-order valence-corrected chi connectivity index (χ0v) is 11.9. The van der Waals surface area contributed by atoms with Crippen LogP contribution in [0.5, 0.6) is 5.75 Å². The Bertz CT molecular complexity index is 563. The number of carbonyl (C=O) groups excluding carboxylic acids is 3. The van der Waals surface area contributed by atoms with Gasteiger partial charge < -0.3 is 15.4 Å². The van der Waals surface area contributed by atoms with Crippen molar-refractivity contribution in [2.75, 3.05) is 13.1 Å². The summed E-state index contributed by atoms with van der Waals surface area (Å²) in [5.41, 5.74) is 5.53. The first-order valence-electron chi connectivity index (χ1n) is 6.84. The van der Waals surface area contributed by atoms with Crippen LogP contribution in [0.25, 0.3) is 0 Å². The highest BCUT2D eigenvalue weighted by atomic mass is 16.5. The summed E-state index contributed by atoms with van der Waals surface area (Å²) < 4.78 is 5.86. The van der Waals surface area contributed by atoms with Crippen molar-refractivity contribution >= 4 is 17.6 Å². The average molecular weight is 290 g/mol. The van der Waals surface area contributed by atoms with Crippen LogP contribution < -0.4 is 10.5 Å². The Morgan fingerprint density at radius 2 is 1.81 bits per heavy atom. The van der Waals surface area contributed by atoms with Crippen molar-refractivity contribution in [1.82, 2.24) is 4.90 Å². The van der Waals surface area contributed by atoms with Gasteiger partial charge in [-0.25, -0.2) is 0 Å². The fraction of sp³-hybridized carbons (Fsp3) is 0.400.